The first-order valence-corrected chi connectivity index (χ1v) is 10.7. The van der Waals surface area contributed by atoms with Gasteiger partial charge in [-0.25, -0.2) is 0 Å². The van der Waals surface area contributed by atoms with Crippen LogP contribution in [0.4, 0.5) is 0 Å². The molecule has 4 rings (SSSR count). The lowest BCUT2D eigenvalue weighted by atomic mass is 9.45. The van der Waals surface area contributed by atoms with Crippen molar-refractivity contribution in [1.29, 1.82) is 5.26 Å². The minimum atomic E-state index is -0.739. The molecule has 1 heterocycles. The number of amides is 1. The summed E-state index contributed by atoms with van der Waals surface area (Å²) in [6.07, 6.45) is 8.20. The number of nitrogens with one attached hydrogen (secondary N) is 1. The summed E-state index contributed by atoms with van der Waals surface area (Å²) >= 11 is 0. The van der Waals surface area contributed by atoms with Gasteiger partial charge in [-0.1, -0.05) is 13.8 Å². The van der Waals surface area contributed by atoms with Gasteiger partial charge in [-0.3, -0.25) is 9.59 Å². The number of hydrogen-bond donors (Lipinski definition) is 2. The van der Waals surface area contributed by atoms with Crippen LogP contribution in [-0.2, 0) is 9.59 Å². The lowest BCUT2D eigenvalue weighted by Crippen LogP contribution is -2.61. The normalized spacial score (nSPS) is 48.6. The van der Waals surface area contributed by atoms with Crippen LogP contribution in [0.5, 0.6) is 0 Å². The van der Waals surface area contributed by atoms with Crippen molar-refractivity contribution in [2.75, 3.05) is 0 Å². The predicted molar refractivity (Wildman–Crippen MR) is 100 cm³/mol. The zero-order valence-corrected chi connectivity index (χ0v) is 16.6. The Morgan fingerprint density at radius 1 is 1.19 bits per heavy atom. The number of aliphatic carboxylic acids is 1. The van der Waals surface area contributed by atoms with E-state index in [1.165, 1.54) is 0 Å². The Balaban J connectivity index is 1.65. The number of carbonyl (C=O) groups excluding carboxylic acids is 1. The lowest BCUT2D eigenvalue weighted by Gasteiger charge is -2.61. The molecular formula is C22H32N2O3. The minimum Gasteiger partial charge on any atom is -0.481 e. The largest absolute Gasteiger partial charge is 0.481 e. The summed E-state index contributed by atoms with van der Waals surface area (Å²) in [5, 5.41) is 22.6. The molecule has 0 bridgehead atoms. The summed E-state index contributed by atoms with van der Waals surface area (Å²) < 4.78 is 0. The Hall–Kier alpha value is -1.57. The van der Waals surface area contributed by atoms with Gasteiger partial charge in [-0.05, 0) is 80.0 Å². The Kier molecular flexibility index (Phi) is 4.33. The number of rotatable bonds is 3. The van der Waals surface area contributed by atoms with E-state index in [4.69, 9.17) is 5.26 Å². The van der Waals surface area contributed by atoms with Crippen LogP contribution < -0.4 is 5.32 Å². The van der Waals surface area contributed by atoms with Crippen molar-refractivity contribution >= 4 is 11.9 Å². The summed E-state index contributed by atoms with van der Waals surface area (Å²) in [5.41, 5.74) is -0.797. The van der Waals surface area contributed by atoms with Gasteiger partial charge >= 0.3 is 5.97 Å². The third-order valence-electron chi connectivity index (χ3n) is 9.53. The number of carboxylic acids is 1. The van der Waals surface area contributed by atoms with Crippen LogP contribution in [0.2, 0.25) is 0 Å². The first kappa shape index (κ1) is 18.8. The summed E-state index contributed by atoms with van der Waals surface area (Å²) in [5.74, 6) is 1.07. The van der Waals surface area contributed by atoms with E-state index < -0.39 is 11.4 Å². The molecule has 5 heteroatoms. The van der Waals surface area contributed by atoms with Gasteiger partial charge in [0.2, 0.25) is 5.91 Å². The maximum Gasteiger partial charge on any atom is 0.310 e. The van der Waals surface area contributed by atoms with Crippen LogP contribution in [0, 0.1) is 45.3 Å². The number of piperidine rings is 1. The maximum atomic E-state index is 12.4. The van der Waals surface area contributed by atoms with Crippen LogP contribution in [0.25, 0.3) is 0 Å². The van der Waals surface area contributed by atoms with Gasteiger partial charge in [0.25, 0.3) is 0 Å². The highest BCUT2D eigenvalue weighted by atomic mass is 16.4. The van der Waals surface area contributed by atoms with E-state index in [2.05, 4.69) is 25.2 Å². The monoisotopic (exact) mass is 372 g/mol. The van der Waals surface area contributed by atoms with E-state index in [0.717, 1.165) is 38.5 Å². The molecule has 7 atom stereocenters. The number of nitrogens with zero attached hydrogens (tertiary/aromatic N) is 1. The van der Waals surface area contributed by atoms with E-state index >= 15 is 0 Å². The summed E-state index contributed by atoms with van der Waals surface area (Å²) in [7, 11) is 0. The van der Waals surface area contributed by atoms with E-state index in [9.17, 15) is 14.7 Å². The summed E-state index contributed by atoms with van der Waals surface area (Å²) in [6, 6.07) is 2.47. The molecule has 3 aliphatic carbocycles. The second kappa shape index (κ2) is 6.22. The molecule has 4 aliphatic rings. The van der Waals surface area contributed by atoms with Gasteiger partial charge < -0.3 is 10.4 Å². The molecule has 0 aromatic rings. The van der Waals surface area contributed by atoms with Crippen LogP contribution in [0.1, 0.15) is 78.1 Å². The van der Waals surface area contributed by atoms with Crippen molar-refractivity contribution in [1.82, 2.24) is 5.32 Å². The maximum absolute atomic E-state index is 12.4. The van der Waals surface area contributed by atoms with Gasteiger partial charge in [-0.2, -0.15) is 5.26 Å². The molecule has 0 radical (unpaired) electrons. The second-order valence-corrected chi connectivity index (χ2v) is 10.1. The number of nitriles is 1. The van der Waals surface area contributed by atoms with Gasteiger partial charge in [0.05, 0.1) is 11.5 Å². The minimum absolute atomic E-state index is 0.152. The molecular weight excluding hydrogens is 340 g/mol. The molecule has 1 amide bonds. The SMILES string of the molecule is C[C@]12CCC(=O)NC1CC[C@@H]1[C@H]2CC[C@@]2(C)[C@H]1CCC2(CCC#N)C(=O)O. The number of hydrogen-bond acceptors (Lipinski definition) is 3. The average molecular weight is 373 g/mol. The second-order valence-electron chi connectivity index (χ2n) is 10.1. The molecule has 3 saturated carbocycles. The predicted octanol–water partition coefficient (Wildman–Crippen LogP) is 3.88. The molecule has 0 spiro atoms. The van der Waals surface area contributed by atoms with Crippen LogP contribution >= 0.6 is 0 Å². The molecule has 1 saturated heterocycles. The van der Waals surface area contributed by atoms with Crippen molar-refractivity contribution in [2.24, 2.45) is 34.0 Å². The van der Waals surface area contributed by atoms with E-state index in [1.807, 2.05) is 0 Å². The molecule has 2 N–H and O–H groups in total. The smallest absolute Gasteiger partial charge is 0.310 e. The topological polar surface area (TPSA) is 90.2 Å². The molecule has 148 valence electrons. The number of carbonyl (C=O) groups is 2. The Bertz CT molecular complexity index is 700. The van der Waals surface area contributed by atoms with Gasteiger partial charge in [-0.15, -0.1) is 0 Å². The quantitative estimate of drug-likeness (QED) is 0.786. The van der Waals surface area contributed by atoms with Crippen LogP contribution in [0.15, 0.2) is 0 Å². The number of carboxylic acid groups (broad SMARTS) is 1. The molecule has 2 unspecified atom stereocenters. The van der Waals surface area contributed by atoms with Gasteiger partial charge in [0.15, 0.2) is 0 Å². The van der Waals surface area contributed by atoms with Crippen molar-refractivity contribution in [3.05, 3.63) is 0 Å². The average Bonchev–Trinajstić information content (AvgIpc) is 2.94. The van der Waals surface area contributed by atoms with E-state index in [1.54, 1.807) is 0 Å². The zero-order chi connectivity index (χ0) is 19.4. The molecule has 27 heavy (non-hydrogen) atoms. The summed E-state index contributed by atoms with van der Waals surface area (Å²) in [4.78, 5) is 24.3. The highest BCUT2D eigenvalue weighted by Crippen LogP contribution is 2.70. The highest BCUT2D eigenvalue weighted by molar-refractivity contribution is 5.77. The summed E-state index contributed by atoms with van der Waals surface area (Å²) in [6.45, 7) is 4.58. The van der Waals surface area contributed by atoms with Crippen LogP contribution in [0.3, 0.4) is 0 Å². The standard InChI is InChI=1S/C22H32N2O3/c1-20-10-8-18(25)24-17(20)5-4-14-15(20)6-11-21(2)16(14)7-12-22(21,19(26)27)9-3-13-23/h14-17H,3-12H2,1-2H3,(H,24,25)(H,26,27)/t14-,15-,16+,17?,20-,21+,22?/m1/s1. The molecule has 0 aromatic heterocycles. The number of fused-ring (bicyclic) bond motifs is 5. The third-order valence-corrected chi connectivity index (χ3v) is 9.53. The lowest BCUT2D eigenvalue weighted by molar-refractivity contribution is -0.168. The Morgan fingerprint density at radius 3 is 2.63 bits per heavy atom. The Labute approximate surface area is 161 Å². The fourth-order valence-corrected chi connectivity index (χ4v) is 7.97. The molecule has 1 aliphatic heterocycles. The van der Waals surface area contributed by atoms with Gasteiger partial charge in [0, 0.05) is 18.9 Å². The fourth-order valence-electron chi connectivity index (χ4n) is 7.97. The molecule has 5 nitrogen and oxygen atoms in total. The fraction of sp³-hybridized carbons (Fsp3) is 0.864. The highest BCUT2D eigenvalue weighted by Gasteiger charge is 2.67. The van der Waals surface area contributed by atoms with E-state index in [0.29, 0.717) is 43.4 Å². The first-order chi connectivity index (χ1) is 12.8. The van der Waals surface area contributed by atoms with Crippen molar-refractivity contribution in [2.45, 2.75) is 84.1 Å². The third kappa shape index (κ3) is 2.41. The molecule has 4 fully saturated rings. The van der Waals surface area contributed by atoms with Crippen molar-refractivity contribution < 1.29 is 14.7 Å². The molecule has 0 aromatic carbocycles. The van der Waals surface area contributed by atoms with Crippen LogP contribution in [-0.4, -0.2) is 23.0 Å². The van der Waals surface area contributed by atoms with Crippen molar-refractivity contribution in [3.63, 3.8) is 0 Å². The van der Waals surface area contributed by atoms with Gasteiger partial charge in [0.1, 0.15) is 0 Å². The van der Waals surface area contributed by atoms with E-state index in [-0.39, 0.29) is 22.8 Å². The van der Waals surface area contributed by atoms with Crippen molar-refractivity contribution in [3.8, 4) is 6.07 Å². The Morgan fingerprint density at radius 2 is 1.93 bits per heavy atom. The first-order valence-electron chi connectivity index (χ1n) is 10.7. The zero-order valence-electron chi connectivity index (χ0n) is 16.6.